The third-order valence-corrected chi connectivity index (χ3v) is 8.88. The van der Waals surface area contributed by atoms with Crippen LogP contribution in [0.5, 0.6) is 0 Å². The van der Waals surface area contributed by atoms with E-state index < -0.39 is 35.1 Å². The molecule has 39 heavy (non-hydrogen) atoms. The van der Waals surface area contributed by atoms with Gasteiger partial charge in [0, 0.05) is 11.4 Å². The number of aliphatic hydroxyl groups excluding tert-OH is 1. The molecule has 0 aliphatic carbocycles. The van der Waals surface area contributed by atoms with Gasteiger partial charge in [-0.15, -0.1) is 0 Å². The van der Waals surface area contributed by atoms with Crippen molar-refractivity contribution < 1.29 is 24.2 Å². The van der Waals surface area contributed by atoms with Gasteiger partial charge in [0.1, 0.15) is 11.6 Å². The Labute approximate surface area is 227 Å². The quantitative estimate of drug-likeness (QED) is 0.431. The molecule has 0 radical (unpaired) electrons. The molecule has 3 amide bonds. The molecule has 3 aromatic carbocycles. The van der Waals surface area contributed by atoms with E-state index in [1.165, 1.54) is 4.90 Å². The lowest BCUT2D eigenvalue weighted by Gasteiger charge is -2.36. The summed E-state index contributed by atoms with van der Waals surface area (Å²) in [5, 5.41) is 18.2. The SMILES string of the molecule is CC[C@@H](CO)N1C(=O)[C@@H]2[C@@H](C(=O)Nc3ccccc3)[C@@]3(C)CCC2(O3)C1C(=O)Nc1ccc2ccccc2c1. The normalized spacial score (nSPS) is 29.9. The highest BCUT2D eigenvalue weighted by atomic mass is 16.5. The molecule has 6 atom stereocenters. The first-order valence-electron chi connectivity index (χ1n) is 13.6. The number of aliphatic hydroxyl groups is 1. The van der Waals surface area contributed by atoms with Gasteiger partial charge in [-0.1, -0.05) is 55.5 Å². The predicted octanol–water partition coefficient (Wildman–Crippen LogP) is 3.95. The van der Waals surface area contributed by atoms with Crippen molar-refractivity contribution in [1.82, 2.24) is 4.90 Å². The topological polar surface area (TPSA) is 108 Å². The Morgan fingerprint density at radius 2 is 1.67 bits per heavy atom. The van der Waals surface area contributed by atoms with Crippen LogP contribution in [0.1, 0.15) is 33.1 Å². The maximum absolute atomic E-state index is 14.2. The Morgan fingerprint density at radius 3 is 2.38 bits per heavy atom. The fraction of sp³-hybridized carbons (Fsp3) is 0.387. The van der Waals surface area contributed by atoms with E-state index in [1.54, 1.807) is 12.1 Å². The Bertz CT molecular complexity index is 1440. The van der Waals surface area contributed by atoms with Crippen molar-refractivity contribution in [2.24, 2.45) is 11.8 Å². The first-order chi connectivity index (χ1) is 18.8. The van der Waals surface area contributed by atoms with E-state index in [1.807, 2.05) is 74.5 Å². The molecule has 2 unspecified atom stereocenters. The number of hydrogen-bond acceptors (Lipinski definition) is 5. The summed E-state index contributed by atoms with van der Waals surface area (Å²) in [7, 11) is 0. The number of nitrogens with zero attached hydrogens (tertiary/aromatic N) is 1. The first kappa shape index (κ1) is 25.5. The molecule has 3 aromatic rings. The number of ether oxygens (including phenoxy) is 1. The highest BCUT2D eigenvalue weighted by Crippen LogP contribution is 2.63. The second kappa shape index (κ2) is 9.47. The standard InChI is InChI=1S/C31H33N3O5/c1-3-23(18-35)34-26(28(37)33-22-14-13-19-9-7-8-10-20(19)17-22)31-16-15-30(2,39-31)24(25(31)29(34)38)27(36)32-21-11-5-4-6-12-21/h4-14,17,23-26,35H,3,15-16,18H2,1-2H3,(H,32,36)(H,33,37)/t23-,24-,25-,26?,30+,31?/m0/s1. The van der Waals surface area contributed by atoms with Gasteiger partial charge in [-0.05, 0) is 61.2 Å². The van der Waals surface area contributed by atoms with Crippen LogP contribution in [0.2, 0.25) is 0 Å². The number of hydrogen-bond donors (Lipinski definition) is 3. The van der Waals surface area contributed by atoms with Crippen LogP contribution < -0.4 is 10.6 Å². The minimum atomic E-state index is -1.16. The molecule has 0 saturated carbocycles. The van der Waals surface area contributed by atoms with Crippen LogP contribution in [0.3, 0.4) is 0 Å². The zero-order valence-corrected chi connectivity index (χ0v) is 22.1. The van der Waals surface area contributed by atoms with Gasteiger partial charge in [0.25, 0.3) is 0 Å². The molecule has 3 heterocycles. The molecular weight excluding hydrogens is 494 g/mol. The van der Waals surface area contributed by atoms with E-state index in [4.69, 9.17) is 4.74 Å². The highest BCUT2D eigenvalue weighted by Gasteiger charge is 2.78. The summed E-state index contributed by atoms with van der Waals surface area (Å²) in [6, 6.07) is 21.1. The van der Waals surface area contributed by atoms with Gasteiger partial charge in [-0.3, -0.25) is 14.4 Å². The van der Waals surface area contributed by atoms with Crippen molar-refractivity contribution in [2.75, 3.05) is 17.2 Å². The largest absolute Gasteiger partial charge is 0.394 e. The summed E-state index contributed by atoms with van der Waals surface area (Å²) in [5.41, 5.74) is -0.792. The van der Waals surface area contributed by atoms with Crippen LogP contribution in [0.4, 0.5) is 11.4 Å². The predicted molar refractivity (Wildman–Crippen MR) is 148 cm³/mol. The summed E-state index contributed by atoms with van der Waals surface area (Å²) in [5.74, 6) is -2.58. The monoisotopic (exact) mass is 527 g/mol. The van der Waals surface area contributed by atoms with Gasteiger partial charge in [0.2, 0.25) is 17.7 Å². The number of rotatable bonds is 7. The summed E-state index contributed by atoms with van der Waals surface area (Å²) in [6.07, 6.45) is 1.49. The van der Waals surface area contributed by atoms with Crippen molar-refractivity contribution in [3.8, 4) is 0 Å². The van der Waals surface area contributed by atoms with Crippen molar-refractivity contribution in [2.45, 2.75) is 56.4 Å². The van der Waals surface area contributed by atoms with Crippen molar-refractivity contribution >= 4 is 39.9 Å². The first-order valence-corrected chi connectivity index (χ1v) is 13.6. The number of nitrogens with one attached hydrogen (secondary N) is 2. The Kier molecular flexibility index (Phi) is 6.19. The van der Waals surface area contributed by atoms with Crippen LogP contribution in [-0.4, -0.2) is 57.6 Å². The van der Waals surface area contributed by atoms with Crippen LogP contribution in [0.25, 0.3) is 10.8 Å². The molecule has 3 aliphatic heterocycles. The van der Waals surface area contributed by atoms with Crippen molar-refractivity contribution in [1.29, 1.82) is 0 Å². The fourth-order valence-electron chi connectivity index (χ4n) is 7.09. The molecular formula is C31H33N3O5. The molecule has 202 valence electrons. The lowest BCUT2D eigenvalue weighted by atomic mass is 9.66. The highest BCUT2D eigenvalue weighted by molar-refractivity contribution is 6.06. The number of anilines is 2. The molecule has 8 nitrogen and oxygen atoms in total. The molecule has 3 N–H and O–H groups in total. The van der Waals surface area contributed by atoms with E-state index in [2.05, 4.69) is 10.6 Å². The molecule has 8 heteroatoms. The van der Waals surface area contributed by atoms with Crippen molar-refractivity contribution in [3.05, 3.63) is 72.8 Å². The molecule has 3 saturated heterocycles. The van der Waals surface area contributed by atoms with Crippen LogP contribution >= 0.6 is 0 Å². The molecule has 2 bridgehead atoms. The van der Waals surface area contributed by atoms with Gasteiger partial charge in [0.05, 0.1) is 30.1 Å². The van der Waals surface area contributed by atoms with E-state index in [-0.39, 0.29) is 24.3 Å². The van der Waals surface area contributed by atoms with Gasteiger partial charge < -0.3 is 25.4 Å². The van der Waals surface area contributed by atoms with Crippen molar-refractivity contribution in [3.63, 3.8) is 0 Å². The van der Waals surface area contributed by atoms with Gasteiger partial charge in [-0.25, -0.2) is 0 Å². The number of carbonyl (C=O) groups is 3. The maximum Gasteiger partial charge on any atom is 0.250 e. The zero-order chi connectivity index (χ0) is 27.4. The number of likely N-dealkylation sites (tertiary alicyclic amines) is 1. The zero-order valence-electron chi connectivity index (χ0n) is 22.1. The van der Waals surface area contributed by atoms with E-state index in [0.717, 1.165) is 10.8 Å². The minimum absolute atomic E-state index is 0.289. The number of benzene rings is 3. The van der Waals surface area contributed by atoms with Crippen LogP contribution in [0, 0.1) is 11.8 Å². The van der Waals surface area contributed by atoms with Crippen LogP contribution in [0.15, 0.2) is 72.8 Å². The minimum Gasteiger partial charge on any atom is -0.394 e. The van der Waals surface area contributed by atoms with Gasteiger partial charge >= 0.3 is 0 Å². The van der Waals surface area contributed by atoms with E-state index in [9.17, 15) is 19.5 Å². The lowest BCUT2D eigenvalue weighted by Crippen LogP contribution is -2.56. The summed E-state index contributed by atoms with van der Waals surface area (Å²) in [4.78, 5) is 43.4. The molecule has 3 aliphatic rings. The molecule has 1 spiro atoms. The van der Waals surface area contributed by atoms with E-state index in [0.29, 0.717) is 30.6 Å². The Balaban J connectivity index is 1.37. The average Bonchev–Trinajstić information content (AvgIpc) is 3.51. The van der Waals surface area contributed by atoms with Gasteiger partial charge in [-0.2, -0.15) is 0 Å². The Hall–Kier alpha value is -3.75. The van der Waals surface area contributed by atoms with Gasteiger partial charge in [0.15, 0.2) is 0 Å². The number of fused-ring (bicyclic) bond motifs is 2. The average molecular weight is 528 g/mol. The summed E-state index contributed by atoms with van der Waals surface area (Å²) >= 11 is 0. The second-order valence-electron chi connectivity index (χ2n) is 11.1. The molecule has 0 aromatic heterocycles. The fourth-order valence-corrected chi connectivity index (χ4v) is 7.09. The molecule has 6 rings (SSSR count). The molecule has 3 fully saturated rings. The third kappa shape index (κ3) is 3.93. The summed E-state index contributed by atoms with van der Waals surface area (Å²) < 4.78 is 6.66. The number of carbonyl (C=O) groups excluding carboxylic acids is 3. The number of para-hydroxylation sites is 1. The van der Waals surface area contributed by atoms with Crippen LogP contribution in [-0.2, 0) is 19.1 Å². The Morgan fingerprint density at radius 1 is 0.974 bits per heavy atom. The number of amides is 3. The summed E-state index contributed by atoms with van der Waals surface area (Å²) in [6.45, 7) is 3.45. The van der Waals surface area contributed by atoms with E-state index >= 15 is 0 Å². The second-order valence-corrected chi connectivity index (χ2v) is 11.1. The lowest BCUT2D eigenvalue weighted by molar-refractivity contribution is -0.146. The maximum atomic E-state index is 14.2. The smallest absolute Gasteiger partial charge is 0.250 e. The third-order valence-electron chi connectivity index (χ3n) is 8.88.